The summed E-state index contributed by atoms with van der Waals surface area (Å²) in [6.07, 6.45) is 8.10. The van der Waals surface area contributed by atoms with E-state index in [0.717, 1.165) is 36.2 Å². The standard InChI is InChI=1S/C20H17N7O/c28-20(26-8-3-9-26)24-16-5-7-22-18(11-16)27-13-15-10-14(12-23-19(15)25-27)17-4-1-2-6-21-17/h1-2,4-7,10-13H,3,8-9H2,(H,22,24,28). The molecule has 0 aliphatic carbocycles. The number of urea groups is 1. The maximum Gasteiger partial charge on any atom is 0.321 e. The Hall–Kier alpha value is -3.81. The van der Waals surface area contributed by atoms with Gasteiger partial charge in [0.25, 0.3) is 0 Å². The van der Waals surface area contributed by atoms with Crippen molar-refractivity contribution in [3.05, 3.63) is 61.2 Å². The quantitative estimate of drug-likeness (QED) is 0.598. The molecule has 0 radical (unpaired) electrons. The molecule has 0 bridgehead atoms. The summed E-state index contributed by atoms with van der Waals surface area (Å²) in [7, 11) is 0. The molecule has 0 spiro atoms. The highest BCUT2D eigenvalue weighted by Crippen LogP contribution is 2.22. The van der Waals surface area contributed by atoms with E-state index in [9.17, 15) is 4.79 Å². The molecule has 8 heteroatoms. The molecule has 5 heterocycles. The molecule has 0 saturated carbocycles. The largest absolute Gasteiger partial charge is 0.324 e. The molecule has 1 N–H and O–H groups in total. The van der Waals surface area contributed by atoms with Gasteiger partial charge >= 0.3 is 6.03 Å². The Morgan fingerprint density at radius 3 is 2.75 bits per heavy atom. The molecular weight excluding hydrogens is 354 g/mol. The zero-order valence-corrected chi connectivity index (χ0v) is 15.0. The Morgan fingerprint density at radius 2 is 1.96 bits per heavy atom. The first kappa shape index (κ1) is 16.4. The molecule has 1 aliphatic heterocycles. The molecule has 1 fully saturated rings. The number of nitrogens with one attached hydrogen (secondary N) is 1. The van der Waals surface area contributed by atoms with Gasteiger partial charge < -0.3 is 10.2 Å². The van der Waals surface area contributed by atoms with Crippen LogP contribution in [0.15, 0.2) is 61.2 Å². The second kappa shape index (κ2) is 6.73. The number of fused-ring (bicyclic) bond motifs is 1. The molecule has 0 atom stereocenters. The van der Waals surface area contributed by atoms with E-state index >= 15 is 0 Å². The van der Waals surface area contributed by atoms with Crippen molar-refractivity contribution < 1.29 is 4.79 Å². The van der Waals surface area contributed by atoms with Gasteiger partial charge in [0.1, 0.15) is 0 Å². The van der Waals surface area contributed by atoms with Crippen LogP contribution in [0, 0.1) is 0 Å². The van der Waals surface area contributed by atoms with Crippen LogP contribution in [0.2, 0.25) is 0 Å². The van der Waals surface area contributed by atoms with Gasteiger partial charge in [-0.15, -0.1) is 5.10 Å². The van der Waals surface area contributed by atoms with Crippen molar-refractivity contribution in [2.24, 2.45) is 0 Å². The zero-order chi connectivity index (χ0) is 18.9. The first-order valence-electron chi connectivity index (χ1n) is 9.05. The van der Waals surface area contributed by atoms with Crippen molar-refractivity contribution in [2.45, 2.75) is 6.42 Å². The van der Waals surface area contributed by atoms with Crippen molar-refractivity contribution in [3.63, 3.8) is 0 Å². The van der Waals surface area contributed by atoms with Gasteiger partial charge in [-0.25, -0.2) is 19.4 Å². The highest BCUT2D eigenvalue weighted by molar-refractivity contribution is 5.90. The number of anilines is 1. The Morgan fingerprint density at radius 1 is 1.04 bits per heavy atom. The molecule has 2 amide bonds. The van der Waals surface area contributed by atoms with E-state index in [0.29, 0.717) is 17.2 Å². The predicted octanol–water partition coefficient (Wildman–Crippen LogP) is 3.12. The minimum absolute atomic E-state index is 0.0873. The Balaban J connectivity index is 1.44. The summed E-state index contributed by atoms with van der Waals surface area (Å²) in [4.78, 5) is 27.1. The summed E-state index contributed by atoms with van der Waals surface area (Å²) < 4.78 is 1.67. The summed E-state index contributed by atoms with van der Waals surface area (Å²) in [6, 6.07) is 11.2. The topological polar surface area (TPSA) is 88.8 Å². The number of carbonyl (C=O) groups excluding carboxylic acids is 1. The molecule has 1 saturated heterocycles. The van der Waals surface area contributed by atoms with Gasteiger partial charge in [-0.1, -0.05) is 6.07 Å². The highest BCUT2D eigenvalue weighted by Gasteiger charge is 2.20. The Labute approximate surface area is 160 Å². The lowest BCUT2D eigenvalue weighted by Crippen LogP contribution is -2.44. The van der Waals surface area contributed by atoms with Crippen LogP contribution in [0.4, 0.5) is 10.5 Å². The summed E-state index contributed by atoms with van der Waals surface area (Å²) in [5.41, 5.74) is 3.09. The van der Waals surface area contributed by atoms with E-state index in [4.69, 9.17) is 0 Å². The fraction of sp³-hybridized carbons (Fsp3) is 0.150. The smallest absolute Gasteiger partial charge is 0.321 e. The molecular formula is C20H17N7O. The SMILES string of the molecule is O=C(Nc1ccnc(-n2cc3cc(-c4ccccn4)cnc3n2)c1)N1CCC1. The van der Waals surface area contributed by atoms with Gasteiger partial charge in [-0.3, -0.25) is 4.98 Å². The molecule has 138 valence electrons. The number of pyridine rings is 3. The summed E-state index contributed by atoms with van der Waals surface area (Å²) in [5, 5.41) is 8.29. The lowest BCUT2D eigenvalue weighted by atomic mass is 10.1. The minimum atomic E-state index is -0.0873. The van der Waals surface area contributed by atoms with E-state index in [1.54, 1.807) is 40.3 Å². The van der Waals surface area contributed by atoms with Crippen LogP contribution in [0.25, 0.3) is 28.1 Å². The van der Waals surface area contributed by atoms with Crippen LogP contribution in [-0.2, 0) is 0 Å². The molecule has 4 aromatic rings. The maximum absolute atomic E-state index is 12.1. The number of aromatic nitrogens is 5. The summed E-state index contributed by atoms with van der Waals surface area (Å²) in [6.45, 7) is 1.61. The lowest BCUT2D eigenvalue weighted by molar-refractivity contribution is 0.181. The monoisotopic (exact) mass is 371 g/mol. The molecule has 1 aliphatic rings. The second-order valence-corrected chi connectivity index (χ2v) is 6.60. The van der Waals surface area contributed by atoms with Crippen molar-refractivity contribution in [3.8, 4) is 17.1 Å². The molecule has 4 aromatic heterocycles. The van der Waals surface area contributed by atoms with Gasteiger partial charge in [-0.2, -0.15) is 0 Å². The van der Waals surface area contributed by atoms with Crippen LogP contribution in [0.1, 0.15) is 6.42 Å². The van der Waals surface area contributed by atoms with Crippen LogP contribution >= 0.6 is 0 Å². The lowest BCUT2D eigenvalue weighted by Gasteiger charge is -2.30. The number of carbonyl (C=O) groups is 1. The normalized spacial score (nSPS) is 13.4. The van der Waals surface area contributed by atoms with Crippen LogP contribution in [-0.4, -0.2) is 48.8 Å². The number of likely N-dealkylation sites (tertiary alicyclic amines) is 1. The van der Waals surface area contributed by atoms with Gasteiger partial charge in [0.15, 0.2) is 11.5 Å². The van der Waals surface area contributed by atoms with E-state index in [1.807, 2.05) is 30.5 Å². The van der Waals surface area contributed by atoms with E-state index in [2.05, 4.69) is 25.4 Å². The average Bonchev–Trinajstić information content (AvgIpc) is 3.11. The molecule has 5 rings (SSSR count). The van der Waals surface area contributed by atoms with Gasteiger partial charge in [0.2, 0.25) is 0 Å². The molecule has 0 aromatic carbocycles. The average molecular weight is 371 g/mol. The summed E-state index contributed by atoms with van der Waals surface area (Å²) in [5.74, 6) is 0.610. The fourth-order valence-electron chi connectivity index (χ4n) is 3.05. The molecule has 8 nitrogen and oxygen atoms in total. The fourth-order valence-corrected chi connectivity index (χ4v) is 3.05. The second-order valence-electron chi connectivity index (χ2n) is 6.60. The maximum atomic E-state index is 12.1. The van der Waals surface area contributed by atoms with Gasteiger partial charge in [-0.05, 0) is 30.7 Å². The predicted molar refractivity (Wildman–Crippen MR) is 105 cm³/mol. The molecule has 0 unspecified atom stereocenters. The third-order valence-electron chi connectivity index (χ3n) is 4.69. The highest BCUT2D eigenvalue weighted by atomic mass is 16.2. The number of hydrogen-bond acceptors (Lipinski definition) is 5. The van der Waals surface area contributed by atoms with E-state index < -0.39 is 0 Å². The van der Waals surface area contributed by atoms with Gasteiger partial charge in [0, 0.05) is 60.6 Å². The van der Waals surface area contributed by atoms with Crippen molar-refractivity contribution in [1.29, 1.82) is 0 Å². The van der Waals surface area contributed by atoms with Crippen molar-refractivity contribution in [2.75, 3.05) is 18.4 Å². The first-order valence-corrected chi connectivity index (χ1v) is 9.05. The van der Waals surface area contributed by atoms with Crippen LogP contribution in [0.3, 0.4) is 0 Å². The number of hydrogen-bond donors (Lipinski definition) is 1. The van der Waals surface area contributed by atoms with Crippen molar-refractivity contribution >= 4 is 22.8 Å². The zero-order valence-electron chi connectivity index (χ0n) is 15.0. The Bertz CT molecular complexity index is 1150. The minimum Gasteiger partial charge on any atom is -0.324 e. The summed E-state index contributed by atoms with van der Waals surface area (Å²) >= 11 is 0. The van der Waals surface area contributed by atoms with Crippen LogP contribution in [0.5, 0.6) is 0 Å². The van der Waals surface area contributed by atoms with Gasteiger partial charge in [0.05, 0.1) is 5.69 Å². The number of nitrogens with zero attached hydrogens (tertiary/aromatic N) is 6. The Kier molecular flexibility index (Phi) is 3.93. The molecule has 28 heavy (non-hydrogen) atoms. The van der Waals surface area contributed by atoms with E-state index in [-0.39, 0.29) is 6.03 Å². The third-order valence-corrected chi connectivity index (χ3v) is 4.69. The first-order chi connectivity index (χ1) is 13.8. The van der Waals surface area contributed by atoms with Crippen molar-refractivity contribution in [1.82, 2.24) is 29.6 Å². The number of rotatable bonds is 3. The third kappa shape index (κ3) is 3.05. The number of amides is 2. The van der Waals surface area contributed by atoms with E-state index in [1.165, 1.54) is 0 Å². The van der Waals surface area contributed by atoms with Crippen LogP contribution < -0.4 is 5.32 Å².